The number of nitrogen functional groups attached to an aromatic ring is 1. The fraction of sp³-hybridized carbons (Fsp3) is 0.167. The molecule has 3 rings (SSSR count). The van der Waals surface area contributed by atoms with E-state index in [9.17, 15) is 0 Å². The molecule has 8 nitrogen and oxygen atoms in total. The van der Waals surface area contributed by atoms with Crippen LogP contribution in [0.5, 0.6) is 6.01 Å². The van der Waals surface area contributed by atoms with Crippen molar-refractivity contribution in [2.24, 2.45) is 5.84 Å². The number of nitrogens with zero attached hydrogens (tertiary/aromatic N) is 4. The van der Waals surface area contributed by atoms with E-state index in [-0.39, 0.29) is 12.0 Å². The Morgan fingerprint density at radius 3 is 2.86 bits per heavy atom. The average Bonchev–Trinajstić information content (AvgIpc) is 2.89. The number of nitrogens with two attached hydrogens (primary N) is 1. The number of benzene rings is 1. The third kappa shape index (κ3) is 3.03. The average molecular weight is 303 g/mol. The highest BCUT2D eigenvalue weighted by Gasteiger charge is 2.11. The molecule has 0 radical (unpaired) electrons. The predicted molar refractivity (Wildman–Crippen MR) is 79.0 cm³/mol. The summed E-state index contributed by atoms with van der Waals surface area (Å²) in [4.78, 5) is 20.0. The maximum Gasteiger partial charge on any atom is 0.322 e. The van der Waals surface area contributed by atoms with Gasteiger partial charge in [0.2, 0.25) is 11.1 Å². The monoisotopic (exact) mass is 303 g/mol. The molecule has 0 atom stereocenters. The molecule has 2 heterocycles. The van der Waals surface area contributed by atoms with Gasteiger partial charge in [0, 0.05) is 0 Å². The number of para-hydroxylation sites is 2. The maximum absolute atomic E-state index is 5.35. The van der Waals surface area contributed by atoms with Gasteiger partial charge in [-0.25, -0.2) is 10.8 Å². The quantitative estimate of drug-likeness (QED) is 0.481. The Bertz CT molecular complexity index is 727. The van der Waals surface area contributed by atoms with Gasteiger partial charge in [-0.2, -0.15) is 15.0 Å². The number of hydrazine groups is 1. The fourth-order valence-electron chi connectivity index (χ4n) is 1.71. The van der Waals surface area contributed by atoms with Crippen molar-refractivity contribution < 1.29 is 4.74 Å². The third-order valence-corrected chi connectivity index (χ3v) is 3.30. The molecule has 2 aromatic heterocycles. The lowest BCUT2D eigenvalue weighted by atomic mass is 10.3. The molecule has 108 valence electrons. The van der Waals surface area contributed by atoms with E-state index in [2.05, 4.69) is 30.3 Å². The molecule has 0 aliphatic heterocycles. The van der Waals surface area contributed by atoms with Crippen molar-refractivity contribution in [2.75, 3.05) is 12.0 Å². The van der Waals surface area contributed by atoms with E-state index in [0.717, 1.165) is 11.0 Å². The summed E-state index contributed by atoms with van der Waals surface area (Å²) < 4.78 is 5.28. The molecule has 0 bridgehead atoms. The standard InChI is InChI=1S/C12H13N7OS/c1-2-20-10-16-9(19-13)17-12(18-10)21-11-14-7-5-3-4-6-8(7)15-11/h3-6H,2,13H2,1H3,(H,14,15)(H,16,17,18,19). The zero-order valence-corrected chi connectivity index (χ0v) is 12.0. The number of nitrogens with one attached hydrogen (secondary N) is 2. The van der Waals surface area contributed by atoms with Crippen LogP contribution in [0.3, 0.4) is 0 Å². The number of hydrogen-bond donors (Lipinski definition) is 3. The fourth-order valence-corrected chi connectivity index (χ4v) is 2.44. The van der Waals surface area contributed by atoms with E-state index >= 15 is 0 Å². The van der Waals surface area contributed by atoms with Crippen molar-refractivity contribution in [3.63, 3.8) is 0 Å². The topological polar surface area (TPSA) is 115 Å². The summed E-state index contributed by atoms with van der Waals surface area (Å²) >= 11 is 1.28. The van der Waals surface area contributed by atoms with Crippen LogP contribution in [0.2, 0.25) is 0 Å². The first kappa shape index (κ1) is 13.6. The molecule has 0 saturated carbocycles. The Balaban J connectivity index is 1.90. The lowest BCUT2D eigenvalue weighted by Gasteiger charge is -2.05. The molecule has 0 saturated heterocycles. The van der Waals surface area contributed by atoms with Gasteiger partial charge in [0.25, 0.3) is 0 Å². The lowest BCUT2D eigenvalue weighted by Crippen LogP contribution is -2.12. The van der Waals surface area contributed by atoms with Crippen LogP contribution in [0.15, 0.2) is 34.6 Å². The summed E-state index contributed by atoms with van der Waals surface area (Å²) in [5, 5.41) is 1.13. The molecule has 0 amide bonds. The van der Waals surface area contributed by atoms with Gasteiger partial charge in [-0.15, -0.1) is 0 Å². The number of ether oxygens (including phenoxy) is 1. The van der Waals surface area contributed by atoms with E-state index in [4.69, 9.17) is 10.6 Å². The van der Waals surface area contributed by atoms with Gasteiger partial charge < -0.3 is 9.72 Å². The number of hydrogen-bond acceptors (Lipinski definition) is 8. The zero-order chi connectivity index (χ0) is 14.7. The number of rotatable bonds is 5. The van der Waals surface area contributed by atoms with E-state index in [1.807, 2.05) is 31.2 Å². The highest BCUT2D eigenvalue weighted by atomic mass is 32.2. The first-order valence-corrected chi connectivity index (χ1v) is 7.08. The Morgan fingerprint density at radius 2 is 2.10 bits per heavy atom. The van der Waals surface area contributed by atoms with Gasteiger partial charge in [-0.1, -0.05) is 12.1 Å². The number of fused-ring (bicyclic) bond motifs is 1. The first-order chi connectivity index (χ1) is 10.3. The minimum absolute atomic E-state index is 0.221. The van der Waals surface area contributed by atoms with Crippen LogP contribution in [0.1, 0.15) is 6.92 Å². The summed E-state index contributed by atoms with van der Waals surface area (Å²) in [7, 11) is 0. The van der Waals surface area contributed by atoms with Crippen molar-refractivity contribution >= 4 is 28.7 Å². The molecule has 0 fully saturated rings. The molecule has 1 aromatic carbocycles. The normalized spacial score (nSPS) is 10.8. The number of imidazole rings is 1. The van der Waals surface area contributed by atoms with Crippen LogP contribution in [-0.2, 0) is 0 Å². The van der Waals surface area contributed by atoms with Gasteiger partial charge in [0.05, 0.1) is 17.6 Å². The van der Waals surface area contributed by atoms with Gasteiger partial charge in [0.15, 0.2) is 5.16 Å². The Hall–Kier alpha value is -2.39. The summed E-state index contributed by atoms with van der Waals surface area (Å²) in [6.45, 7) is 2.31. The van der Waals surface area contributed by atoms with Crippen LogP contribution in [0, 0.1) is 0 Å². The lowest BCUT2D eigenvalue weighted by molar-refractivity contribution is 0.308. The first-order valence-electron chi connectivity index (χ1n) is 6.26. The molecule has 4 N–H and O–H groups in total. The van der Waals surface area contributed by atoms with Crippen molar-refractivity contribution in [3.8, 4) is 6.01 Å². The van der Waals surface area contributed by atoms with Crippen LogP contribution in [0.25, 0.3) is 11.0 Å². The predicted octanol–water partition coefficient (Wildman–Crippen LogP) is 1.58. The second kappa shape index (κ2) is 5.94. The molecule has 0 aliphatic carbocycles. The van der Waals surface area contributed by atoms with Crippen molar-refractivity contribution in [3.05, 3.63) is 24.3 Å². The van der Waals surface area contributed by atoms with Gasteiger partial charge in [-0.05, 0) is 30.8 Å². The molecule has 0 unspecified atom stereocenters. The molecule has 9 heteroatoms. The molecular formula is C12H13N7OS. The maximum atomic E-state index is 5.35. The van der Waals surface area contributed by atoms with Crippen molar-refractivity contribution in [1.29, 1.82) is 0 Å². The Labute approximate surface area is 124 Å². The highest BCUT2D eigenvalue weighted by molar-refractivity contribution is 7.99. The number of aromatic nitrogens is 5. The Kier molecular flexibility index (Phi) is 3.84. The molecule has 21 heavy (non-hydrogen) atoms. The Morgan fingerprint density at radius 1 is 1.24 bits per heavy atom. The minimum atomic E-state index is 0.221. The SMILES string of the molecule is CCOc1nc(NN)nc(Sc2nc3ccccc3[nH]2)n1. The number of anilines is 1. The van der Waals surface area contributed by atoms with Crippen LogP contribution < -0.4 is 16.0 Å². The van der Waals surface area contributed by atoms with Gasteiger partial charge in [-0.3, -0.25) is 5.43 Å². The number of H-pyrrole nitrogens is 1. The van der Waals surface area contributed by atoms with E-state index in [1.54, 1.807) is 0 Å². The molecular weight excluding hydrogens is 290 g/mol. The highest BCUT2D eigenvalue weighted by Crippen LogP contribution is 2.25. The zero-order valence-electron chi connectivity index (χ0n) is 11.2. The molecule has 0 spiro atoms. The van der Waals surface area contributed by atoms with Crippen molar-refractivity contribution in [2.45, 2.75) is 17.2 Å². The van der Waals surface area contributed by atoms with E-state index < -0.39 is 0 Å². The van der Waals surface area contributed by atoms with Gasteiger partial charge >= 0.3 is 6.01 Å². The second-order valence-corrected chi connectivity index (χ2v) is 4.92. The van der Waals surface area contributed by atoms with Crippen LogP contribution in [-0.4, -0.2) is 31.5 Å². The van der Waals surface area contributed by atoms with Crippen LogP contribution >= 0.6 is 11.8 Å². The van der Waals surface area contributed by atoms with E-state index in [0.29, 0.717) is 16.9 Å². The largest absolute Gasteiger partial charge is 0.464 e. The second-order valence-electron chi connectivity index (χ2n) is 3.96. The summed E-state index contributed by atoms with van der Waals surface area (Å²) in [5.41, 5.74) is 4.23. The number of aromatic amines is 1. The van der Waals surface area contributed by atoms with Crippen molar-refractivity contribution in [1.82, 2.24) is 24.9 Å². The third-order valence-electron chi connectivity index (χ3n) is 2.55. The minimum Gasteiger partial charge on any atom is -0.464 e. The molecule has 3 aromatic rings. The molecule has 0 aliphatic rings. The smallest absolute Gasteiger partial charge is 0.322 e. The van der Waals surface area contributed by atoms with E-state index in [1.165, 1.54) is 11.8 Å². The summed E-state index contributed by atoms with van der Waals surface area (Å²) in [6, 6.07) is 7.99. The summed E-state index contributed by atoms with van der Waals surface area (Å²) in [6.07, 6.45) is 0. The summed E-state index contributed by atoms with van der Waals surface area (Å²) in [5.74, 6) is 5.59. The van der Waals surface area contributed by atoms with Gasteiger partial charge in [0.1, 0.15) is 0 Å². The van der Waals surface area contributed by atoms with Crippen LogP contribution in [0.4, 0.5) is 5.95 Å².